The number of ether oxygens (including phenoxy) is 2. The van der Waals surface area contributed by atoms with Gasteiger partial charge in [-0.2, -0.15) is 0 Å². The van der Waals surface area contributed by atoms with Crippen LogP contribution in [0.5, 0.6) is 0 Å². The molecule has 4 heterocycles. The van der Waals surface area contributed by atoms with E-state index in [2.05, 4.69) is 55.3 Å². The molecule has 0 saturated heterocycles. The summed E-state index contributed by atoms with van der Waals surface area (Å²) >= 11 is 1.65. The Hall–Kier alpha value is -6.19. The zero-order chi connectivity index (χ0) is 31.6. The van der Waals surface area contributed by atoms with Gasteiger partial charge in [0.15, 0.2) is 0 Å². The van der Waals surface area contributed by atoms with E-state index in [9.17, 15) is 9.59 Å². The van der Waals surface area contributed by atoms with Crippen LogP contribution in [0.2, 0.25) is 0 Å². The Balaban J connectivity index is 1.37. The summed E-state index contributed by atoms with van der Waals surface area (Å²) in [6.45, 7) is 0.708. The molecule has 0 fully saturated rings. The minimum Gasteiger partial charge on any atom is -0.437 e. The topological polar surface area (TPSA) is 94.5 Å². The zero-order valence-electron chi connectivity index (χ0n) is 24.3. The normalized spacial score (nSPS) is 11.0. The number of benzene rings is 2. The summed E-state index contributed by atoms with van der Waals surface area (Å²) in [5.74, 6) is 0. The van der Waals surface area contributed by atoms with Gasteiger partial charge in [0.2, 0.25) is 0 Å². The highest BCUT2D eigenvalue weighted by atomic mass is 32.1. The fourth-order valence-electron chi connectivity index (χ4n) is 4.82. The number of nitrogens with zero attached hydrogens (tertiary/aromatic N) is 4. The average Bonchev–Trinajstić information content (AvgIpc) is 3.59. The summed E-state index contributed by atoms with van der Waals surface area (Å²) in [6.07, 6.45) is 9.34. The first-order valence-electron chi connectivity index (χ1n) is 14.2. The lowest BCUT2D eigenvalue weighted by Crippen LogP contribution is -2.08. The molecule has 0 unspecified atom stereocenters. The average molecular weight is 623 g/mol. The molecular weight excluding hydrogens is 596 g/mol. The number of para-hydroxylation sites is 2. The maximum Gasteiger partial charge on any atom is 0.297 e. The summed E-state index contributed by atoms with van der Waals surface area (Å²) in [7, 11) is 0. The number of rotatable bonds is 12. The third-order valence-corrected chi connectivity index (χ3v) is 7.83. The first kappa shape index (κ1) is 29.9. The van der Waals surface area contributed by atoms with Crippen molar-refractivity contribution in [3.8, 4) is 33.2 Å². The number of pyridine rings is 3. The Morgan fingerprint density at radius 1 is 0.587 bits per heavy atom. The van der Waals surface area contributed by atoms with Crippen molar-refractivity contribution in [2.24, 2.45) is 0 Å². The van der Waals surface area contributed by atoms with E-state index in [1.54, 1.807) is 41.9 Å². The second-order valence-electron chi connectivity index (χ2n) is 9.82. The van der Waals surface area contributed by atoms with E-state index < -0.39 is 0 Å². The summed E-state index contributed by atoms with van der Waals surface area (Å²) < 4.78 is 9.48. The van der Waals surface area contributed by atoms with Crippen LogP contribution >= 0.6 is 11.3 Å². The molecule has 0 aliphatic carbocycles. The third kappa shape index (κ3) is 7.12. The van der Waals surface area contributed by atoms with Crippen LogP contribution in [0.1, 0.15) is 11.1 Å². The first-order valence-corrected chi connectivity index (χ1v) is 15.1. The van der Waals surface area contributed by atoms with Crippen molar-refractivity contribution in [1.29, 1.82) is 0 Å². The van der Waals surface area contributed by atoms with Crippen LogP contribution in [0.25, 0.3) is 45.4 Å². The molecule has 2 aromatic carbocycles. The lowest BCUT2D eigenvalue weighted by atomic mass is 10.1. The molecule has 0 amide bonds. The predicted molar refractivity (Wildman–Crippen MR) is 181 cm³/mol. The molecule has 4 aromatic heterocycles. The lowest BCUT2D eigenvalue weighted by molar-refractivity contribution is -0.124. The predicted octanol–water partition coefficient (Wildman–Crippen LogP) is 8.69. The molecule has 6 aromatic rings. The van der Waals surface area contributed by atoms with Gasteiger partial charge in [0, 0.05) is 34.0 Å². The van der Waals surface area contributed by atoms with Crippen molar-refractivity contribution in [2.45, 2.75) is 0 Å². The highest BCUT2D eigenvalue weighted by molar-refractivity contribution is 7.14. The van der Waals surface area contributed by atoms with E-state index in [0.717, 1.165) is 38.6 Å². The second kappa shape index (κ2) is 14.5. The van der Waals surface area contributed by atoms with Crippen LogP contribution in [-0.2, 0) is 19.1 Å². The first-order chi connectivity index (χ1) is 22.7. The van der Waals surface area contributed by atoms with Crippen LogP contribution < -0.4 is 4.90 Å². The molecule has 0 spiro atoms. The molecule has 0 N–H and O–H groups in total. The van der Waals surface area contributed by atoms with Gasteiger partial charge < -0.3 is 14.4 Å². The Bertz CT molecular complexity index is 1970. The Morgan fingerprint density at radius 3 is 1.78 bits per heavy atom. The minimum atomic E-state index is 0.352. The van der Waals surface area contributed by atoms with Gasteiger partial charge in [0.05, 0.1) is 41.0 Å². The highest BCUT2D eigenvalue weighted by Gasteiger charge is 2.16. The van der Waals surface area contributed by atoms with Gasteiger partial charge >= 0.3 is 0 Å². The van der Waals surface area contributed by atoms with Crippen LogP contribution in [0.3, 0.4) is 0 Å². The van der Waals surface area contributed by atoms with Crippen LogP contribution in [0.4, 0.5) is 17.1 Å². The fraction of sp³-hybridized carbons (Fsp3) is 0. The second-order valence-corrected chi connectivity index (χ2v) is 10.7. The van der Waals surface area contributed by atoms with Gasteiger partial charge in [0.1, 0.15) is 0 Å². The van der Waals surface area contributed by atoms with Crippen molar-refractivity contribution in [3.05, 3.63) is 145 Å². The van der Waals surface area contributed by atoms with Crippen molar-refractivity contribution < 1.29 is 19.1 Å². The zero-order valence-corrected chi connectivity index (χ0v) is 25.2. The van der Waals surface area contributed by atoms with E-state index in [-0.39, 0.29) is 0 Å². The fourth-order valence-corrected chi connectivity index (χ4v) is 5.69. The molecule has 0 aliphatic rings. The maximum absolute atomic E-state index is 10.7. The standard InChI is InChI=1S/C37H26N4O4S/c42-25-44-17-13-27-11-15-38-33(19-27)35-20-28(14-18-45-26-43)21-36(40-35)34-22-29(12-16-39-34)37-23-32(24-46-37)41(30-7-3-1-4-8-30)31-9-5-2-6-10-31/h1-26H/b17-13+,18-14+. The molecule has 0 bridgehead atoms. The summed E-state index contributed by atoms with van der Waals surface area (Å²) in [6, 6.07) is 34.0. The molecule has 9 heteroatoms. The Morgan fingerprint density at radius 2 is 1.15 bits per heavy atom. The lowest BCUT2D eigenvalue weighted by Gasteiger charge is -2.23. The number of thiophene rings is 1. The summed E-state index contributed by atoms with van der Waals surface area (Å²) in [5, 5.41) is 2.15. The van der Waals surface area contributed by atoms with Crippen molar-refractivity contribution in [1.82, 2.24) is 15.0 Å². The van der Waals surface area contributed by atoms with Crippen LogP contribution in [0.15, 0.2) is 133 Å². The van der Waals surface area contributed by atoms with E-state index in [1.165, 1.54) is 12.5 Å². The molecule has 6 rings (SSSR count). The molecule has 0 radical (unpaired) electrons. The monoisotopic (exact) mass is 622 g/mol. The minimum absolute atomic E-state index is 0.352. The number of hydrogen-bond acceptors (Lipinski definition) is 9. The van der Waals surface area contributed by atoms with Crippen molar-refractivity contribution >= 4 is 53.5 Å². The Labute approximate surface area is 269 Å². The quantitative estimate of drug-likeness (QED) is 0.0988. The highest BCUT2D eigenvalue weighted by Crippen LogP contribution is 2.40. The van der Waals surface area contributed by atoms with Crippen LogP contribution in [0, 0.1) is 0 Å². The van der Waals surface area contributed by atoms with Gasteiger partial charge in [-0.3, -0.25) is 19.6 Å². The van der Waals surface area contributed by atoms with E-state index >= 15 is 0 Å². The molecule has 0 atom stereocenters. The van der Waals surface area contributed by atoms with Gasteiger partial charge in [0.25, 0.3) is 12.9 Å². The van der Waals surface area contributed by atoms with Gasteiger partial charge in [-0.05, 0) is 95.6 Å². The number of aromatic nitrogens is 3. The van der Waals surface area contributed by atoms with Crippen molar-refractivity contribution in [2.75, 3.05) is 4.90 Å². The number of carbonyl (C=O) groups excluding carboxylic acids is 2. The van der Waals surface area contributed by atoms with Gasteiger partial charge in [-0.1, -0.05) is 36.4 Å². The largest absolute Gasteiger partial charge is 0.437 e. The molecule has 224 valence electrons. The third-order valence-electron chi connectivity index (χ3n) is 6.86. The van der Waals surface area contributed by atoms with Crippen molar-refractivity contribution in [3.63, 3.8) is 0 Å². The molecule has 0 saturated carbocycles. The molecule has 8 nitrogen and oxygen atoms in total. The molecule has 0 aliphatic heterocycles. The van der Waals surface area contributed by atoms with E-state index in [0.29, 0.717) is 35.7 Å². The SMILES string of the molecule is O=CO/C=C/c1ccnc(-c2cc(/C=C/OC=O)cc(-c3cc(-c4cc(N(c5ccccc5)c5ccccc5)cs4)ccn3)n2)c1. The maximum atomic E-state index is 10.7. The smallest absolute Gasteiger partial charge is 0.297 e. The van der Waals surface area contributed by atoms with E-state index in [1.807, 2.05) is 66.7 Å². The van der Waals surface area contributed by atoms with Gasteiger partial charge in [-0.25, -0.2) is 4.98 Å². The number of carbonyl (C=O) groups is 2. The Kier molecular flexibility index (Phi) is 9.43. The molecule has 46 heavy (non-hydrogen) atoms. The van der Waals surface area contributed by atoms with Crippen LogP contribution in [-0.4, -0.2) is 27.9 Å². The van der Waals surface area contributed by atoms with Gasteiger partial charge in [-0.15, -0.1) is 11.3 Å². The van der Waals surface area contributed by atoms with E-state index in [4.69, 9.17) is 9.72 Å². The summed E-state index contributed by atoms with van der Waals surface area (Å²) in [5.41, 5.74) is 8.16. The molecular formula is C37H26N4O4S. The number of hydrogen-bond donors (Lipinski definition) is 0. The summed E-state index contributed by atoms with van der Waals surface area (Å²) in [4.78, 5) is 38.6. The number of anilines is 3.